The first-order valence-corrected chi connectivity index (χ1v) is 14.2. The maximum atomic E-state index is 14.4. The molecule has 0 spiro atoms. The summed E-state index contributed by atoms with van der Waals surface area (Å²) in [4.78, 5) is 0. The van der Waals surface area contributed by atoms with Crippen LogP contribution < -0.4 is 9.47 Å². The molecule has 0 aliphatic rings. The van der Waals surface area contributed by atoms with Gasteiger partial charge in [-0.05, 0) is 121 Å². The third-order valence-corrected chi connectivity index (χ3v) is 8.07. The topological polar surface area (TPSA) is 18.5 Å². The zero-order valence-electron chi connectivity index (χ0n) is 24.7. The van der Waals surface area contributed by atoms with Crippen molar-refractivity contribution in [1.29, 1.82) is 0 Å². The first-order valence-electron chi connectivity index (χ1n) is 14.2. The van der Waals surface area contributed by atoms with Crippen LogP contribution in [0.4, 0.5) is 13.2 Å². The summed E-state index contributed by atoms with van der Waals surface area (Å²) in [6.07, 6.45) is -4.58. The fourth-order valence-electron chi connectivity index (χ4n) is 6.03. The van der Waals surface area contributed by atoms with Crippen LogP contribution in [-0.4, -0.2) is 0 Å². The number of benzene rings is 6. The fourth-order valence-corrected chi connectivity index (χ4v) is 6.03. The van der Waals surface area contributed by atoms with Crippen molar-refractivity contribution in [2.45, 2.75) is 40.8 Å². The molecule has 0 radical (unpaired) electrons. The van der Waals surface area contributed by atoms with E-state index in [1.807, 2.05) is 62.4 Å². The normalized spacial score (nSPS) is 11.7. The van der Waals surface area contributed by atoms with Crippen LogP contribution in [-0.2, 0) is 6.18 Å². The van der Waals surface area contributed by atoms with Gasteiger partial charge in [-0.2, -0.15) is 13.2 Å². The van der Waals surface area contributed by atoms with E-state index >= 15 is 0 Å². The van der Waals surface area contributed by atoms with Gasteiger partial charge in [0.15, 0.2) is 0 Å². The molecule has 0 fully saturated rings. The lowest BCUT2D eigenvalue weighted by molar-refractivity contribution is -0.137. The molecule has 0 heterocycles. The van der Waals surface area contributed by atoms with Crippen LogP contribution in [0.15, 0.2) is 97.1 Å². The molecule has 216 valence electrons. The Morgan fingerprint density at radius 3 is 1.42 bits per heavy atom. The number of alkyl halides is 3. The Morgan fingerprint density at radius 1 is 0.465 bits per heavy atom. The van der Waals surface area contributed by atoms with Gasteiger partial charge in [-0.3, -0.25) is 0 Å². The Kier molecular flexibility index (Phi) is 7.13. The van der Waals surface area contributed by atoms with E-state index in [0.29, 0.717) is 28.4 Å². The van der Waals surface area contributed by atoms with E-state index in [1.165, 1.54) is 6.07 Å². The third kappa shape index (κ3) is 5.32. The van der Waals surface area contributed by atoms with Crippen LogP contribution in [0.5, 0.6) is 23.0 Å². The van der Waals surface area contributed by atoms with E-state index in [1.54, 1.807) is 37.3 Å². The molecule has 6 rings (SSSR count). The van der Waals surface area contributed by atoms with Crippen LogP contribution in [0.25, 0.3) is 32.7 Å². The Bertz CT molecular complexity index is 2010. The fraction of sp³-hybridized carbons (Fsp3) is 0.158. The first kappa shape index (κ1) is 28.4. The number of hydrogen-bond donors (Lipinski definition) is 0. The highest BCUT2D eigenvalue weighted by Gasteiger charge is 2.34. The van der Waals surface area contributed by atoms with Gasteiger partial charge in [0, 0.05) is 10.8 Å². The Hall–Kier alpha value is -4.77. The van der Waals surface area contributed by atoms with E-state index in [0.717, 1.165) is 49.9 Å². The molecule has 0 amide bonds. The van der Waals surface area contributed by atoms with Crippen molar-refractivity contribution < 1.29 is 22.6 Å². The average Bonchev–Trinajstić information content (AvgIpc) is 2.96. The lowest BCUT2D eigenvalue weighted by atomic mass is 9.95. The second-order valence-electron chi connectivity index (χ2n) is 11.1. The van der Waals surface area contributed by atoms with Crippen molar-refractivity contribution in [3.8, 4) is 34.1 Å². The molecular weight excluding hydrogens is 545 g/mol. The molecule has 5 heteroatoms. The molecule has 0 N–H and O–H groups in total. The number of rotatable bonds is 5. The van der Waals surface area contributed by atoms with Crippen LogP contribution in [0.2, 0.25) is 0 Å². The predicted octanol–water partition coefficient (Wildman–Crippen LogP) is 11.8. The lowest BCUT2D eigenvalue weighted by Crippen LogP contribution is -2.08. The molecule has 2 nitrogen and oxygen atoms in total. The molecule has 0 bridgehead atoms. The van der Waals surface area contributed by atoms with Gasteiger partial charge in [-0.25, -0.2) is 0 Å². The smallest absolute Gasteiger partial charge is 0.417 e. The Labute approximate surface area is 249 Å². The van der Waals surface area contributed by atoms with Gasteiger partial charge >= 0.3 is 6.18 Å². The SMILES string of the molecule is Cc1cc(Oc2ccc(C)c3c(C)cccc23)ccc1-c1ccc(Oc2ccc(C)c3c(C)cccc23)cc1C(F)(F)F. The van der Waals surface area contributed by atoms with Crippen molar-refractivity contribution in [2.24, 2.45) is 0 Å². The maximum Gasteiger partial charge on any atom is 0.417 e. The molecular formula is C38H31F3O2. The summed E-state index contributed by atoms with van der Waals surface area (Å²) in [5.41, 5.74) is 4.96. The number of ether oxygens (including phenoxy) is 2. The van der Waals surface area contributed by atoms with Crippen molar-refractivity contribution in [1.82, 2.24) is 0 Å². The van der Waals surface area contributed by atoms with E-state index in [4.69, 9.17) is 9.47 Å². The third-order valence-electron chi connectivity index (χ3n) is 8.07. The van der Waals surface area contributed by atoms with E-state index < -0.39 is 11.7 Å². The zero-order valence-corrected chi connectivity index (χ0v) is 24.7. The number of fused-ring (bicyclic) bond motifs is 2. The second kappa shape index (κ2) is 10.8. The molecule has 6 aromatic rings. The van der Waals surface area contributed by atoms with Gasteiger partial charge in [0.1, 0.15) is 23.0 Å². The maximum absolute atomic E-state index is 14.4. The molecule has 0 unspecified atom stereocenters. The van der Waals surface area contributed by atoms with Crippen molar-refractivity contribution in [2.75, 3.05) is 0 Å². The molecule has 0 aliphatic carbocycles. The van der Waals surface area contributed by atoms with E-state index in [9.17, 15) is 13.2 Å². The average molecular weight is 577 g/mol. The lowest BCUT2D eigenvalue weighted by Gasteiger charge is -2.18. The number of hydrogen-bond acceptors (Lipinski definition) is 2. The summed E-state index contributed by atoms with van der Waals surface area (Å²) in [5, 5.41) is 4.03. The summed E-state index contributed by atoms with van der Waals surface area (Å²) in [6, 6.07) is 29.0. The van der Waals surface area contributed by atoms with Gasteiger partial charge in [0.05, 0.1) is 5.56 Å². The summed E-state index contributed by atoms with van der Waals surface area (Å²) in [5.74, 6) is 1.90. The minimum Gasteiger partial charge on any atom is -0.457 e. The Balaban J connectivity index is 1.35. The number of halogens is 3. The van der Waals surface area contributed by atoms with Crippen LogP contribution in [0, 0.1) is 34.6 Å². The quantitative estimate of drug-likeness (QED) is 0.203. The summed E-state index contributed by atoms with van der Waals surface area (Å²) >= 11 is 0. The van der Waals surface area contributed by atoms with Crippen LogP contribution >= 0.6 is 0 Å². The summed E-state index contributed by atoms with van der Waals surface area (Å²) in [7, 11) is 0. The molecule has 6 aromatic carbocycles. The molecule has 0 saturated carbocycles. The van der Waals surface area contributed by atoms with Crippen LogP contribution in [0.1, 0.15) is 33.4 Å². The number of aryl methyl sites for hydroxylation is 5. The molecule has 0 atom stereocenters. The second-order valence-corrected chi connectivity index (χ2v) is 11.1. The molecule has 43 heavy (non-hydrogen) atoms. The highest BCUT2D eigenvalue weighted by atomic mass is 19.4. The molecule has 0 aromatic heterocycles. The molecule has 0 aliphatic heterocycles. The monoisotopic (exact) mass is 576 g/mol. The van der Waals surface area contributed by atoms with Gasteiger partial charge in [-0.15, -0.1) is 0 Å². The predicted molar refractivity (Wildman–Crippen MR) is 169 cm³/mol. The molecule has 0 saturated heterocycles. The summed E-state index contributed by atoms with van der Waals surface area (Å²) in [6.45, 7) is 9.95. The van der Waals surface area contributed by atoms with Crippen molar-refractivity contribution in [3.05, 3.63) is 130 Å². The standard InChI is InChI=1S/C38H31F3O2/c1-22-8-6-10-31-34(18-12-24(3)36(22)31)42-27-14-16-29(26(5)20-27)30-17-15-28(21-33(30)38(39,40)41)43-35-19-13-25(4)37-23(2)9-7-11-32(35)37/h6-21H,1-5H3. The minimum absolute atomic E-state index is 0.0879. The largest absolute Gasteiger partial charge is 0.457 e. The van der Waals surface area contributed by atoms with Crippen molar-refractivity contribution >= 4 is 21.5 Å². The van der Waals surface area contributed by atoms with E-state index in [2.05, 4.69) is 19.9 Å². The van der Waals surface area contributed by atoms with Gasteiger partial charge < -0.3 is 9.47 Å². The van der Waals surface area contributed by atoms with Gasteiger partial charge in [0.2, 0.25) is 0 Å². The van der Waals surface area contributed by atoms with Gasteiger partial charge in [-0.1, -0.05) is 60.7 Å². The highest BCUT2D eigenvalue weighted by molar-refractivity contribution is 5.94. The summed E-state index contributed by atoms with van der Waals surface area (Å²) < 4.78 is 55.7. The van der Waals surface area contributed by atoms with Crippen LogP contribution in [0.3, 0.4) is 0 Å². The minimum atomic E-state index is -4.58. The highest BCUT2D eigenvalue weighted by Crippen LogP contribution is 2.43. The Morgan fingerprint density at radius 2 is 0.930 bits per heavy atom. The van der Waals surface area contributed by atoms with Gasteiger partial charge in [0.25, 0.3) is 0 Å². The first-order chi connectivity index (χ1) is 20.5. The van der Waals surface area contributed by atoms with Crippen molar-refractivity contribution in [3.63, 3.8) is 0 Å². The van der Waals surface area contributed by atoms with E-state index in [-0.39, 0.29) is 11.3 Å². The zero-order chi connectivity index (χ0) is 30.5.